The van der Waals surface area contributed by atoms with Crippen molar-refractivity contribution < 1.29 is 9.53 Å². The molecule has 0 aromatic heterocycles. The number of methoxy groups -OCH3 is 1. The van der Waals surface area contributed by atoms with Crippen molar-refractivity contribution in [2.45, 2.75) is 51.4 Å². The van der Waals surface area contributed by atoms with Gasteiger partial charge in [0.1, 0.15) is 0 Å². The Morgan fingerprint density at radius 3 is 2.52 bits per heavy atom. The molecule has 2 aliphatic rings. The second-order valence-electron chi connectivity index (χ2n) is 6.86. The Balaban J connectivity index is 1.87. The van der Waals surface area contributed by atoms with Crippen molar-refractivity contribution in [3.63, 3.8) is 0 Å². The molecule has 1 saturated carbocycles. The van der Waals surface area contributed by atoms with Crippen molar-refractivity contribution >= 4 is 5.91 Å². The van der Waals surface area contributed by atoms with E-state index < -0.39 is 0 Å². The molecule has 1 N–H and O–H groups in total. The smallest absolute Gasteiger partial charge is 0.228 e. The Kier molecular flexibility index (Phi) is 6.49. The summed E-state index contributed by atoms with van der Waals surface area (Å²) in [6.45, 7) is 3.73. The van der Waals surface area contributed by atoms with Gasteiger partial charge in [0.2, 0.25) is 5.91 Å². The van der Waals surface area contributed by atoms with Gasteiger partial charge in [0.25, 0.3) is 0 Å². The first-order valence-electron chi connectivity index (χ1n) is 8.65. The highest BCUT2D eigenvalue weighted by Gasteiger charge is 2.43. The molecule has 2 rings (SSSR count). The zero-order chi connectivity index (χ0) is 15.1. The van der Waals surface area contributed by atoms with Crippen molar-refractivity contribution in [3.8, 4) is 0 Å². The lowest BCUT2D eigenvalue weighted by Gasteiger charge is -2.38. The van der Waals surface area contributed by atoms with Crippen LogP contribution < -0.4 is 5.32 Å². The van der Waals surface area contributed by atoms with Gasteiger partial charge in [-0.2, -0.15) is 0 Å². The third kappa shape index (κ3) is 4.19. The number of carbonyl (C=O) groups excluding carboxylic acids is 1. The summed E-state index contributed by atoms with van der Waals surface area (Å²) in [7, 11) is 3.75. The van der Waals surface area contributed by atoms with Crippen LogP contribution in [0.15, 0.2) is 0 Å². The van der Waals surface area contributed by atoms with Gasteiger partial charge in [0.05, 0.1) is 5.41 Å². The molecule has 1 amide bonds. The molecule has 0 aromatic rings. The summed E-state index contributed by atoms with van der Waals surface area (Å²) in [6, 6.07) is 0. The topological polar surface area (TPSA) is 41.6 Å². The summed E-state index contributed by atoms with van der Waals surface area (Å²) in [5, 5.41) is 3.23. The van der Waals surface area contributed by atoms with Crippen LogP contribution in [0.1, 0.15) is 51.4 Å². The molecule has 0 spiro atoms. The van der Waals surface area contributed by atoms with Gasteiger partial charge in [0.15, 0.2) is 0 Å². The molecule has 0 aromatic carbocycles. The fraction of sp³-hybridized carbons (Fsp3) is 0.941. The van der Waals surface area contributed by atoms with Crippen LogP contribution in [0, 0.1) is 11.3 Å². The second-order valence-corrected chi connectivity index (χ2v) is 6.86. The fourth-order valence-electron chi connectivity index (χ4n) is 4.03. The van der Waals surface area contributed by atoms with Crippen molar-refractivity contribution in [1.82, 2.24) is 10.2 Å². The first-order chi connectivity index (χ1) is 10.2. The standard InChI is InChI=1S/C17H32N2O2/c1-18-11-5-15-6-12-19(13-7-15)16(20)17(10-14-21-2)8-3-4-9-17/h15,18H,3-14H2,1-2H3. The highest BCUT2D eigenvalue weighted by atomic mass is 16.5. The van der Waals surface area contributed by atoms with Crippen molar-refractivity contribution in [1.29, 1.82) is 0 Å². The number of piperidine rings is 1. The number of carbonyl (C=O) groups is 1. The SMILES string of the molecule is CNCCC1CCN(C(=O)C2(CCOC)CCCC2)CC1. The van der Waals surface area contributed by atoms with Gasteiger partial charge in [-0.25, -0.2) is 0 Å². The molecule has 0 radical (unpaired) electrons. The average Bonchev–Trinajstić information content (AvgIpc) is 3.01. The zero-order valence-corrected chi connectivity index (χ0v) is 13.8. The third-order valence-electron chi connectivity index (χ3n) is 5.50. The van der Waals surface area contributed by atoms with Gasteiger partial charge >= 0.3 is 0 Å². The molecule has 21 heavy (non-hydrogen) atoms. The monoisotopic (exact) mass is 296 g/mol. The summed E-state index contributed by atoms with van der Waals surface area (Å²) in [5.41, 5.74) is -0.103. The van der Waals surface area contributed by atoms with Crippen molar-refractivity contribution in [3.05, 3.63) is 0 Å². The van der Waals surface area contributed by atoms with Gasteiger partial charge in [0, 0.05) is 26.8 Å². The molecule has 1 aliphatic carbocycles. The van der Waals surface area contributed by atoms with E-state index in [4.69, 9.17) is 4.74 Å². The van der Waals surface area contributed by atoms with Crippen LogP contribution in [0.2, 0.25) is 0 Å². The number of likely N-dealkylation sites (tertiary alicyclic amines) is 1. The summed E-state index contributed by atoms with van der Waals surface area (Å²) >= 11 is 0. The van der Waals surface area contributed by atoms with Crippen LogP contribution in [0.3, 0.4) is 0 Å². The van der Waals surface area contributed by atoms with Gasteiger partial charge in [-0.15, -0.1) is 0 Å². The minimum atomic E-state index is -0.103. The first-order valence-corrected chi connectivity index (χ1v) is 8.65. The van der Waals surface area contributed by atoms with E-state index in [0.717, 1.165) is 44.8 Å². The number of hydrogen-bond acceptors (Lipinski definition) is 3. The highest BCUT2D eigenvalue weighted by molar-refractivity contribution is 5.83. The average molecular weight is 296 g/mol. The Morgan fingerprint density at radius 1 is 1.29 bits per heavy atom. The maximum atomic E-state index is 13.0. The number of hydrogen-bond donors (Lipinski definition) is 1. The molecule has 4 nitrogen and oxygen atoms in total. The quantitative estimate of drug-likeness (QED) is 0.784. The molecule has 1 aliphatic heterocycles. The lowest BCUT2D eigenvalue weighted by Crippen LogP contribution is -2.47. The molecule has 122 valence electrons. The maximum Gasteiger partial charge on any atom is 0.228 e. The van der Waals surface area contributed by atoms with Crippen LogP contribution in [0.4, 0.5) is 0 Å². The summed E-state index contributed by atoms with van der Waals surface area (Å²) in [5.74, 6) is 1.21. The van der Waals surface area contributed by atoms with Crippen molar-refractivity contribution in [2.24, 2.45) is 11.3 Å². The van der Waals surface area contributed by atoms with Gasteiger partial charge in [-0.3, -0.25) is 4.79 Å². The van der Waals surface area contributed by atoms with Gasteiger partial charge in [-0.1, -0.05) is 12.8 Å². The molecule has 1 heterocycles. The highest BCUT2D eigenvalue weighted by Crippen LogP contribution is 2.43. The number of amides is 1. The molecule has 0 bridgehead atoms. The predicted octanol–water partition coefficient (Wildman–Crippen LogP) is 2.43. The largest absolute Gasteiger partial charge is 0.385 e. The fourth-order valence-corrected chi connectivity index (χ4v) is 4.03. The van der Waals surface area contributed by atoms with E-state index in [1.165, 1.54) is 32.1 Å². The van der Waals surface area contributed by atoms with Gasteiger partial charge < -0.3 is 15.0 Å². The van der Waals surface area contributed by atoms with E-state index in [1.54, 1.807) is 7.11 Å². The Hall–Kier alpha value is -0.610. The molecule has 0 atom stereocenters. The Bertz CT molecular complexity index is 319. The minimum absolute atomic E-state index is 0.103. The lowest BCUT2D eigenvalue weighted by molar-refractivity contribution is -0.144. The summed E-state index contributed by atoms with van der Waals surface area (Å²) in [6.07, 6.45) is 9.03. The third-order valence-corrected chi connectivity index (χ3v) is 5.50. The van der Waals surface area contributed by atoms with E-state index in [2.05, 4.69) is 10.2 Å². The van der Waals surface area contributed by atoms with Crippen LogP contribution in [-0.4, -0.2) is 51.2 Å². The molecule has 4 heteroatoms. The van der Waals surface area contributed by atoms with Crippen molar-refractivity contribution in [2.75, 3.05) is 40.4 Å². The maximum absolute atomic E-state index is 13.0. The molecule has 2 fully saturated rings. The Morgan fingerprint density at radius 2 is 1.95 bits per heavy atom. The molecular weight excluding hydrogens is 264 g/mol. The molecule has 0 unspecified atom stereocenters. The molecular formula is C17H32N2O2. The van der Waals surface area contributed by atoms with Crippen LogP contribution in [-0.2, 0) is 9.53 Å². The van der Waals surface area contributed by atoms with E-state index >= 15 is 0 Å². The van der Waals surface area contributed by atoms with E-state index in [9.17, 15) is 4.79 Å². The van der Waals surface area contributed by atoms with E-state index in [1.807, 2.05) is 7.05 Å². The summed E-state index contributed by atoms with van der Waals surface area (Å²) in [4.78, 5) is 15.2. The molecule has 1 saturated heterocycles. The first kappa shape index (κ1) is 16.8. The lowest BCUT2D eigenvalue weighted by atomic mass is 9.80. The number of nitrogens with one attached hydrogen (secondary N) is 1. The minimum Gasteiger partial charge on any atom is -0.385 e. The Labute approximate surface area is 129 Å². The van der Waals surface area contributed by atoms with E-state index in [-0.39, 0.29) is 5.41 Å². The number of rotatable bonds is 7. The number of nitrogens with zero attached hydrogens (tertiary/aromatic N) is 1. The number of ether oxygens (including phenoxy) is 1. The van der Waals surface area contributed by atoms with Crippen LogP contribution in [0.5, 0.6) is 0 Å². The summed E-state index contributed by atoms with van der Waals surface area (Å²) < 4.78 is 5.25. The zero-order valence-electron chi connectivity index (χ0n) is 13.8. The van der Waals surface area contributed by atoms with E-state index in [0.29, 0.717) is 12.5 Å². The normalized spacial score (nSPS) is 22.7. The second kappa shape index (κ2) is 8.14. The predicted molar refractivity (Wildman–Crippen MR) is 85.2 cm³/mol. The van der Waals surface area contributed by atoms with Crippen LogP contribution >= 0.6 is 0 Å². The van der Waals surface area contributed by atoms with Crippen LogP contribution in [0.25, 0.3) is 0 Å². The van der Waals surface area contributed by atoms with Gasteiger partial charge in [-0.05, 0) is 58.0 Å².